The van der Waals surface area contributed by atoms with Crippen LogP contribution in [-0.4, -0.2) is 0 Å². The summed E-state index contributed by atoms with van der Waals surface area (Å²) in [5, 5.41) is 0. The van der Waals surface area contributed by atoms with E-state index in [0.29, 0.717) is 12.8 Å². The summed E-state index contributed by atoms with van der Waals surface area (Å²) in [6, 6.07) is 2.85. The Morgan fingerprint density at radius 1 is 1.43 bits per heavy atom. The first-order valence-electron chi connectivity index (χ1n) is 4.46. The molecule has 0 bridgehead atoms. The minimum Gasteiger partial charge on any atom is -0.324 e. The molecule has 0 spiro atoms. The molecule has 0 saturated heterocycles. The topological polar surface area (TPSA) is 26.0 Å². The van der Waals surface area contributed by atoms with E-state index in [-0.39, 0.29) is 5.56 Å². The summed E-state index contributed by atoms with van der Waals surface area (Å²) >= 11 is 0. The molecule has 1 nitrogen and oxygen atoms in total. The number of rotatable bonds is 4. The van der Waals surface area contributed by atoms with E-state index < -0.39 is 17.7 Å². The van der Waals surface area contributed by atoms with Gasteiger partial charge in [0.05, 0.1) is 0 Å². The molecule has 0 heterocycles. The Bertz CT molecular complexity index is 323. The minimum atomic E-state index is -0.469. The summed E-state index contributed by atoms with van der Waals surface area (Å²) in [6.07, 6.45) is 2.97. The smallest absolute Gasteiger partial charge is 0.128 e. The minimum absolute atomic E-state index is 0.229. The lowest BCUT2D eigenvalue weighted by Crippen LogP contribution is -2.12. The largest absolute Gasteiger partial charge is 0.324 e. The molecule has 0 aromatic heterocycles. The van der Waals surface area contributed by atoms with Gasteiger partial charge in [0.1, 0.15) is 11.6 Å². The Morgan fingerprint density at radius 3 is 2.79 bits per heavy atom. The van der Waals surface area contributed by atoms with Crippen LogP contribution in [0.1, 0.15) is 24.4 Å². The molecular weight excluding hydrogens is 184 g/mol. The average molecular weight is 197 g/mol. The zero-order valence-electron chi connectivity index (χ0n) is 7.84. The van der Waals surface area contributed by atoms with Gasteiger partial charge in [-0.3, -0.25) is 0 Å². The van der Waals surface area contributed by atoms with Crippen molar-refractivity contribution in [1.82, 2.24) is 0 Å². The summed E-state index contributed by atoms with van der Waals surface area (Å²) in [5.41, 5.74) is 5.92. The number of halogens is 2. The highest BCUT2D eigenvalue weighted by molar-refractivity contribution is 5.21. The molecule has 1 atom stereocenters. The van der Waals surface area contributed by atoms with Crippen LogP contribution in [-0.2, 0) is 0 Å². The molecule has 0 unspecified atom stereocenters. The number of nitrogens with two attached hydrogens (primary N) is 1. The molecular formula is C11H13F2N. The summed E-state index contributed by atoms with van der Waals surface area (Å²) in [4.78, 5) is 0. The van der Waals surface area contributed by atoms with Crippen molar-refractivity contribution < 1.29 is 8.78 Å². The highest BCUT2D eigenvalue weighted by atomic mass is 19.1. The van der Waals surface area contributed by atoms with E-state index >= 15 is 0 Å². The maximum absolute atomic E-state index is 13.2. The van der Waals surface area contributed by atoms with Crippen LogP contribution in [0.2, 0.25) is 0 Å². The van der Waals surface area contributed by atoms with Gasteiger partial charge in [0, 0.05) is 11.6 Å². The molecule has 0 amide bonds. The van der Waals surface area contributed by atoms with Gasteiger partial charge in [0.2, 0.25) is 0 Å². The fourth-order valence-corrected chi connectivity index (χ4v) is 1.25. The van der Waals surface area contributed by atoms with Gasteiger partial charge in [-0.1, -0.05) is 6.08 Å². The quantitative estimate of drug-likeness (QED) is 0.738. The Morgan fingerprint density at radius 2 is 2.14 bits per heavy atom. The zero-order chi connectivity index (χ0) is 10.6. The Balaban J connectivity index is 2.82. The van der Waals surface area contributed by atoms with Crippen molar-refractivity contribution in [1.29, 1.82) is 0 Å². The Hall–Kier alpha value is -1.22. The lowest BCUT2D eigenvalue weighted by molar-refractivity contribution is 0.550. The third-order valence-electron chi connectivity index (χ3n) is 2.04. The van der Waals surface area contributed by atoms with Gasteiger partial charge in [0.25, 0.3) is 0 Å². The molecule has 76 valence electrons. The number of hydrogen-bond donors (Lipinski definition) is 1. The second kappa shape index (κ2) is 4.86. The molecule has 0 aliphatic carbocycles. The molecule has 1 aromatic carbocycles. The van der Waals surface area contributed by atoms with Crippen LogP contribution in [0, 0.1) is 11.6 Å². The second-order valence-corrected chi connectivity index (χ2v) is 3.14. The maximum atomic E-state index is 13.2. The molecule has 0 fully saturated rings. The van der Waals surface area contributed by atoms with E-state index in [4.69, 9.17) is 5.73 Å². The average Bonchev–Trinajstić information content (AvgIpc) is 2.18. The first-order chi connectivity index (χ1) is 6.65. The van der Waals surface area contributed by atoms with Crippen molar-refractivity contribution in [2.24, 2.45) is 5.73 Å². The normalized spacial score (nSPS) is 12.5. The lowest BCUT2D eigenvalue weighted by Gasteiger charge is -2.11. The van der Waals surface area contributed by atoms with E-state index in [9.17, 15) is 8.78 Å². The molecule has 0 saturated carbocycles. The van der Waals surface area contributed by atoms with E-state index in [1.807, 2.05) is 0 Å². The van der Waals surface area contributed by atoms with E-state index in [1.165, 1.54) is 0 Å². The number of allylic oxidation sites excluding steroid dienone is 1. The van der Waals surface area contributed by atoms with Crippen LogP contribution < -0.4 is 5.73 Å². The van der Waals surface area contributed by atoms with Crippen molar-refractivity contribution in [2.45, 2.75) is 18.9 Å². The van der Waals surface area contributed by atoms with Crippen molar-refractivity contribution in [2.75, 3.05) is 0 Å². The van der Waals surface area contributed by atoms with Gasteiger partial charge in [-0.2, -0.15) is 0 Å². The number of benzene rings is 1. The van der Waals surface area contributed by atoms with Crippen LogP contribution in [0.3, 0.4) is 0 Å². The Labute approximate surface area is 82.2 Å². The SMILES string of the molecule is C=CCC[C@@H](N)c1cc(F)ccc1F. The van der Waals surface area contributed by atoms with Gasteiger partial charge < -0.3 is 5.73 Å². The van der Waals surface area contributed by atoms with Crippen molar-refractivity contribution in [3.05, 3.63) is 48.1 Å². The lowest BCUT2D eigenvalue weighted by atomic mass is 10.0. The molecule has 1 rings (SSSR count). The zero-order valence-corrected chi connectivity index (χ0v) is 7.84. The predicted molar refractivity (Wildman–Crippen MR) is 52.7 cm³/mol. The van der Waals surface area contributed by atoms with Gasteiger partial charge in [-0.05, 0) is 31.0 Å². The van der Waals surface area contributed by atoms with Crippen LogP contribution in [0.15, 0.2) is 30.9 Å². The molecule has 1 aromatic rings. The van der Waals surface area contributed by atoms with Crippen LogP contribution in [0.4, 0.5) is 8.78 Å². The first kappa shape index (κ1) is 10.9. The van der Waals surface area contributed by atoms with Crippen LogP contribution in [0.25, 0.3) is 0 Å². The van der Waals surface area contributed by atoms with E-state index in [0.717, 1.165) is 18.2 Å². The third kappa shape index (κ3) is 2.64. The van der Waals surface area contributed by atoms with Crippen molar-refractivity contribution in [3.8, 4) is 0 Å². The standard InChI is InChI=1S/C11H13F2N/c1-2-3-4-11(14)9-7-8(12)5-6-10(9)13/h2,5-7,11H,1,3-4,14H2/t11-/m1/s1. The monoisotopic (exact) mass is 197 g/mol. The fraction of sp³-hybridized carbons (Fsp3) is 0.273. The van der Waals surface area contributed by atoms with Gasteiger partial charge >= 0.3 is 0 Å². The Kier molecular flexibility index (Phi) is 3.77. The van der Waals surface area contributed by atoms with E-state index in [2.05, 4.69) is 6.58 Å². The summed E-state index contributed by atoms with van der Waals surface area (Å²) in [6.45, 7) is 3.54. The van der Waals surface area contributed by atoms with Gasteiger partial charge in [-0.25, -0.2) is 8.78 Å². The number of hydrogen-bond acceptors (Lipinski definition) is 1. The maximum Gasteiger partial charge on any atom is 0.128 e. The highest BCUT2D eigenvalue weighted by Crippen LogP contribution is 2.20. The van der Waals surface area contributed by atoms with Crippen LogP contribution in [0.5, 0.6) is 0 Å². The third-order valence-corrected chi connectivity index (χ3v) is 2.04. The molecule has 3 heteroatoms. The van der Waals surface area contributed by atoms with Gasteiger partial charge in [-0.15, -0.1) is 6.58 Å². The van der Waals surface area contributed by atoms with Crippen molar-refractivity contribution in [3.63, 3.8) is 0 Å². The first-order valence-corrected chi connectivity index (χ1v) is 4.46. The molecule has 0 radical (unpaired) electrons. The molecule has 2 N–H and O–H groups in total. The summed E-state index contributed by atoms with van der Waals surface area (Å²) in [7, 11) is 0. The highest BCUT2D eigenvalue weighted by Gasteiger charge is 2.11. The van der Waals surface area contributed by atoms with Gasteiger partial charge in [0.15, 0.2) is 0 Å². The fourth-order valence-electron chi connectivity index (χ4n) is 1.25. The molecule has 0 aliphatic heterocycles. The second-order valence-electron chi connectivity index (χ2n) is 3.14. The molecule has 14 heavy (non-hydrogen) atoms. The van der Waals surface area contributed by atoms with Crippen molar-refractivity contribution >= 4 is 0 Å². The molecule has 0 aliphatic rings. The van der Waals surface area contributed by atoms with E-state index in [1.54, 1.807) is 6.08 Å². The summed E-state index contributed by atoms with van der Waals surface area (Å²) < 4.78 is 26.0. The summed E-state index contributed by atoms with van der Waals surface area (Å²) in [5.74, 6) is -0.918. The predicted octanol–water partition coefficient (Wildman–Crippen LogP) is 2.93. The van der Waals surface area contributed by atoms with Crippen LogP contribution >= 0.6 is 0 Å².